The van der Waals surface area contributed by atoms with Crippen molar-refractivity contribution in [3.05, 3.63) is 34.9 Å². The molecule has 0 amide bonds. The Bertz CT molecular complexity index is 524. The van der Waals surface area contributed by atoms with E-state index in [1.54, 1.807) is 18.2 Å². The second-order valence-corrected chi connectivity index (χ2v) is 7.02. The van der Waals surface area contributed by atoms with E-state index in [-0.39, 0.29) is 17.2 Å². The van der Waals surface area contributed by atoms with Crippen molar-refractivity contribution in [2.24, 2.45) is 11.3 Å². The number of esters is 1. The molecule has 1 unspecified atom stereocenters. The molecular formula is C18H26O3. The van der Waals surface area contributed by atoms with Gasteiger partial charge in [0.05, 0.1) is 12.7 Å². The van der Waals surface area contributed by atoms with Gasteiger partial charge in [0.2, 0.25) is 0 Å². The Morgan fingerprint density at radius 3 is 2.33 bits per heavy atom. The van der Waals surface area contributed by atoms with Crippen LogP contribution in [0.2, 0.25) is 0 Å². The van der Waals surface area contributed by atoms with E-state index in [0.29, 0.717) is 23.5 Å². The lowest BCUT2D eigenvalue weighted by Crippen LogP contribution is -2.15. The molecule has 1 rings (SSSR count). The van der Waals surface area contributed by atoms with Gasteiger partial charge in [0.25, 0.3) is 0 Å². The summed E-state index contributed by atoms with van der Waals surface area (Å²) in [5, 5.41) is 0. The van der Waals surface area contributed by atoms with E-state index in [4.69, 9.17) is 0 Å². The number of Topliss-reactive ketones (excluding diaryl/α,β-unsaturated/α-hetero) is 1. The fourth-order valence-electron chi connectivity index (χ4n) is 2.77. The van der Waals surface area contributed by atoms with Crippen LogP contribution in [0.3, 0.4) is 0 Å². The van der Waals surface area contributed by atoms with Gasteiger partial charge in [0.1, 0.15) is 0 Å². The van der Waals surface area contributed by atoms with Crippen molar-refractivity contribution in [3.63, 3.8) is 0 Å². The lowest BCUT2D eigenvalue weighted by molar-refractivity contribution is 0.0600. The Balaban J connectivity index is 2.82. The number of hydrogen-bond donors (Lipinski definition) is 0. The normalized spacial score (nSPS) is 12.9. The zero-order valence-electron chi connectivity index (χ0n) is 13.9. The van der Waals surface area contributed by atoms with Crippen LogP contribution in [0, 0.1) is 18.3 Å². The molecule has 21 heavy (non-hydrogen) atoms. The highest BCUT2D eigenvalue weighted by Crippen LogP contribution is 2.27. The van der Waals surface area contributed by atoms with Crippen LogP contribution in [0.25, 0.3) is 0 Å². The van der Waals surface area contributed by atoms with Gasteiger partial charge in [-0.05, 0) is 42.4 Å². The minimum Gasteiger partial charge on any atom is -0.465 e. The zero-order chi connectivity index (χ0) is 16.2. The molecular weight excluding hydrogens is 264 g/mol. The van der Waals surface area contributed by atoms with Crippen LogP contribution >= 0.6 is 0 Å². The third kappa shape index (κ3) is 5.33. The highest BCUT2D eigenvalue weighted by molar-refractivity contribution is 5.99. The molecule has 0 saturated carbocycles. The second-order valence-electron chi connectivity index (χ2n) is 7.02. The summed E-state index contributed by atoms with van der Waals surface area (Å²) in [5.74, 6) is 0.107. The summed E-state index contributed by atoms with van der Waals surface area (Å²) < 4.78 is 4.69. The topological polar surface area (TPSA) is 43.4 Å². The molecule has 1 atom stereocenters. The standard InChI is InChI=1S/C18H26O3/c1-12(11-18(3,4)5)9-16(19)15-8-7-14(10-13(15)2)17(20)21-6/h7-8,10,12H,9,11H2,1-6H3. The number of ether oxygens (including phenoxy) is 1. The first kappa shape index (κ1) is 17.4. The van der Waals surface area contributed by atoms with Gasteiger partial charge in [0.15, 0.2) is 5.78 Å². The average Bonchev–Trinajstić information content (AvgIpc) is 2.34. The smallest absolute Gasteiger partial charge is 0.337 e. The van der Waals surface area contributed by atoms with E-state index in [0.717, 1.165) is 12.0 Å². The summed E-state index contributed by atoms with van der Waals surface area (Å²) >= 11 is 0. The highest BCUT2D eigenvalue weighted by atomic mass is 16.5. The molecule has 116 valence electrons. The fraction of sp³-hybridized carbons (Fsp3) is 0.556. The third-order valence-corrected chi connectivity index (χ3v) is 3.44. The molecule has 3 nitrogen and oxygen atoms in total. The van der Waals surface area contributed by atoms with Crippen LogP contribution in [0.1, 0.15) is 66.8 Å². The number of rotatable bonds is 5. The molecule has 1 aromatic carbocycles. The Kier molecular flexibility index (Phi) is 5.70. The van der Waals surface area contributed by atoms with E-state index in [9.17, 15) is 9.59 Å². The Morgan fingerprint density at radius 2 is 1.86 bits per heavy atom. The van der Waals surface area contributed by atoms with Crippen LogP contribution < -0.4 is 0 Å². The molecule has 0 N–H and O–H groups in total. The summed E-state index contributed by atoms with van der Waals surface area (Å²) in [6.45, 7) is 10.5. The number of hydrogen-bond acceptors (Lipinski definition) is 3. The molecule has 0 aromatic heterocycles. The maximum absolute atomic E-state index is 12.4. The monoisotopic (exact) mass is 290 g/mol. The summed E-state index contributed by atoms with van der Waals surface area (Å²) in [6, 6.07) is 5.10. The summed E-state index contributed by atoms with van der Waals surface area (Å²) in [7, 11) is 1.35. The molecule has 1 aromatic rings. The molecule has 0 fully saturated rings. The summed E-state index contributed by atoms with van der Waals surface area (Å²) in [5.41, 5.74) is 2.23. The number of carbonyl (C=O) groups excluding carboxylic acids is 2. The van der Waals surface area contributed by atoms with Crippen molar-refractivity contribution in [1.82, 2.24) is 0 Å². The zero-order valence-corrected chi connectivity index (χ0v) is 13.9. The summed E-state index contributed by atoms with van der Waals surface area (Å²) in [6.07, 6.45) is 1.55. The van der Waals surface area contributed by atoms with E-state index >= 15 is 0 Å². The van der Waals surface area contributed by atoms with Gasteiger partial charge in [-0.15, -0.1) is 0 Å². The molecule has 0 heterocycles. The number of benzene rings is 1. The van der Waals surface area contributed by atoms with Gasteiger partial charge in [-0.3, -0.25) is 4.79 Å². The first-order valence-corrected chi connectivity index (χ1v) is 7.36. The SMILES string of the molecule is COC(=O)c1ccc(C(=O)CC(C)CC(C)(C)C)c(C)c1. The second kappa shape index (κ2) is 6.88. The summed E-state index contributed by atoms with van der Waals surface area (Å²) in [4.78, 5) is 23.9. The lowest BCUT2D eigenvalue weighted by atomic mass is 9.82. The van der Waals surface area contributed by atoms with Crippen LogP contribution in [-0.4, -0.2) is 18.9 Å². The minimum atomic E-state index is -0.377. The van der Waals surface area contributed by atoms with E-state index in [1.807, 2.05) is 6.92 Å². The van der Waals surface area contributed by atoms with Crippen molar-refractivity contribution < 1.29 is 14.3 Å². The van der Waals surface area contributed by atoms with Gasteiger partial charge in [0, 0.05) is 12.0 Å². The maximum atomic E-state index is 12.4. The molecule has 0 spiro atoms. The lowest BCUT2D eigenvalue weighted by Gasteiger charge is -2.23. The highest BCUT2D eigenvalue weighted by Gasteiger charge is 2.19. The van der Waals surface area contributed by atoms with Crippen molar-refractivity contribution >= 4 is 11.8 Å². The van der Waals surface area contributed by atoms with Crippen molar-refractivity contribution in [2.45, 2.75) is 47.5 Å². The van der Waals surface area contributed by atoms with Gasteiger partial charge in [-0.25, -0.2) is 4.79 Å². The van der Waals surface area contributed by atoms with Gasteiger partial charge in [-0.1, -0.05) is 33.8 Å². The van der Waals surface area contributed by atoms with Crippen LogP contribution in [-0.2, 0) is 4.74 Å². The quantitative estimate of drug-likeness (QED) is 0.595. The van der Waals surface area contributed by atoms with Crippen LogP contribution in [0.15, 0.2) is 18.2 Å². The van der Waals surface area contributed by atoms with Gasteiger partial charge < -0.3 is 4.74 Å². The Morgan fingerprint density at radius 1 is 1.24 bits per heavy atom. The predicted octanol–water partition coefficient (Wildman–Crippen LogP) is 4.43. The first-order valence-electron chi connectivity index (χ1n) is 7.36. The molecule has 0 bridgehead atoms. The molecule has 0 aliphatic carbocycles. The first-order chi connectivity index (χ1) is 9.64. The van der Waals surface area contributed by atoms with Crippen LogP contribution in [0.5, 0.6) is 0 Å². The Labute approximate surface area is 127 Å². The Hall–Kier alpha value is -1.64. The number of ketones is 1. The minimum absolute atomic E-state index is 0.140. The van der Waals surface area contributed by atoms with Gasteiger partial charge >= 0.3 is 5.97 Å². The molecule has 0 radical (unpaired) electrons. The molecule has 0 aliphatic rings. The average molecular weight is 290 g/mol. The van der Waals surface area contributed by atoms with Crippen molar-refractivity contribution in [3.8, 4) is 0 Å². The van der Waals surface area contributed by atoms with E-state index in [1.165, 1.54) is 7.11 Å². The molecule has 3 heteroatoms. The predicted molar refractivity (Wildman–Crippen MR) is 84.7 cm³/mol. The fourth-order valence-corrected chi connectivity index (χ4v) is 2.77. The largest absolute Gasteiger partial charge is 0.465 e. The number of aryl methyl sites for hydroxylation is 1. The van der Waals surface area contributed by atoms with E-state index < -0.39 is 0 Å². The van der Waals surface area contributed by atoms with Crippen molar-refractivity contribution in [1.29, 1.82) is 0 Å². The van der Waals surface area contributed by atoms with Gasteiger partial charge in [-0.2, -0.15) is 0 Å². The molecule has 0 aliphatic heterocycles. The molecule has 0 saturated heterocycles. The number of carbonyl (C=O) groups is 2. The number of methoxy groups -OCH3 is 1. The van der Waals surface area contributed by atoms with E-state index in [2.05, 4.69) is 32.4 Å². The van der Waals surface area contributed by atoms with Crippen LogP contribution in [0.4, 0.5) is 0 Å². The third-order valence-electron chi connectivity index (χ3n) is 3.44. The maximum Gasteiger partial charge on any atom is 0.337 e. The van der Waals surface area contributed by atoms with Crippen molar-refractivity contribution in [2.75, 3.05) is 7.11 Å².